The molecule has 1 aliphatic rings. The molecule has 1 unspecified atom stereocenters. The van der Waals surface area contributed by atoms with E-state index < -0.39 is 0 Å². The first-order valence-corrected chi connectivity index (χ1v) is 7.45. The average molecular weight is 253 g/mol. The highest BCUT2D eigenvalue weighted by molar-refractivity contribution is 7.09. The highest BCUT2D eigenvalue weighted by Gasteiger charge is 2.18. The number of rotatable bonds is 6. The fraction of sp³-hybridized carbons (Fsp3) is 0.769. The topological polar surface area (TPSA) is 28.2 Å². The van der Waals surface area contributed by atoms with E-state index in [0.29, 0.717) is 6.04 Å². The van der Waals surface area contributed by atoms with E-state index in [-0.39, 0.29) is 0 Å². The first kappa shape index (κ1) is 13.0. The Labute approximate surface area is 108 Å². The number of nitrogens with one attached hydrogen (secondary N) is 1. The van der Waals surface area contributed by atoms with Crippen molar-refractivity contribution in [1.82, 2.24) is 15.2 Å². The maximum absolute atomic E-state index is 4.16. The second-order valence-electron chi connectivity index (χ2n) is 5.35. The molecular weight excluding hydrogens is 230 g/mol. The predicted molar refractivity (Wildman–Crippen MR) is 73.3 cm³/mol. The molecule has 0 bridgehead atoms. The zero-order chi connectivity index (χ0) is 12.1. The molecule has 4 heteroatoms. The molecule has 2 rings (SSSR count). The van der Waals surface area contributed by atoms with E-state index >= 15 is 0 Å². The molecule has 0 spiro atoms. The largest absolute Gasteiger partial charge is 0.313 e. The van der Waals surface area contributed by atoms with E-state index in [1.807, 2.05) is 11.7 Å². The minimum absolute atomic E-state index is 0.696. The number of hydrogen-bond acceptors (Lipinski definition) is 4. The molecule has 1 aliphatic heterocycles. The zero-order valence-corrected chi connectivity index (χ0v) is 11.7. The standard InChI is InChI=1S/C13H23N3S/c1-11(2)7-16(8-12-4-3-5-15-12)9-13-6-14-10-17-13/h6,10-12,15H,3-5,7-9H2,1-2H3. The number of nitrogens with zero attached hydrogens (tertiary/aromatic N) is 2. The summed E-state index contributed by atoms with van der Waals surface area (Å²) in [6, 6.07) is 0.696. The van der Waals surface area contributed by atoms with Crippen molar-refractivity contribution in [3.63, 3.8) is 0 Å². The molecule has 2 heterocycles. The molecule has 0 aliphatic carbocycles. The normalized spacial score (nSPS) is 20.6. The summed E-state index contributed by atoms with van der Waals surface area (Å²) in [5, 5.41) is 3.59. The van der Waals surface area contributed by atoms with Crippen LogP contribution in [0.3, 0.4) is 0 Å². The van der Waals surface area contributed by atoms with Gasteiger partial charge in [0.2, 0.25) is 0 Å². The molecule has 3 nitrogen and oxygen atoms in total. The van der Waals surface area contributed by atoms with Gasteiger partial charge in [-0.05, 0) is 25.3 Å². The summed E-state index contributed by atoms with van der Waals surface area (Å²) in [7, 11) is 0. The Hall–Kier alpha value is -0.450. The van der Waals surface area contributed by atoms with E-state index in [4.69, 9.17) is 0 Å². The molecule has 1 N–H and O–H groups in total. The number of hydrogen-bond donors (Lipinski definition) is 1. The van der Waals surface area contributed by atoms with Gasteiger partial charge < -0.3 is 5.32 Å². The van der Waals surface area contributed by atoms with Crippen LogP contribution in [0.5, 0.6) is 0 Å². The van der Waals surface area contributed by atoms with E-state index in [0.717, 1.165) is 12.5 Å². The lowest BCUT2D eigenvalue weighted by atomic mass is 10.1. The van der Waals surface area contributed by atoms with Crippen molar-refractivity contribution in [3.8, 4) is 0 Å². The van der Waals surface area contributed by atoms with E-state index in [2.05, 4.69) is 29.0 Å². The summed E-state index contributed by atoms with van der Waals surface area (Å²) >= 11 is 1.76. The SMILES string of the molecule is CC(C)CN(Cc1cncs1)CC1CCCN1. The maximum Gasteiger partial charge on any atom is 0.0794 e. The molecule has 1 atom stereocenters. The summed E-state index contributed by atoms with van der Waals surface area (Å²) in [6.07, 6.45) is 4.66. The molecule has 0 amide bonds. The first-order valence-electron chi connectivity index (χ1n) is 6.57. The van der Waals surface area contributed by atoms with Gasteiger partial charge in [0.15, 0.2) is 0 Å². The first-order chi connectivity index (χ1) is 8.24. The molecule has 17 heavy (non-hydrogen) atoms. The fourth-order valence-electron chi connectivity index (χ4n) is 2.48. The monoisotopic (exact) mass is 253 g/mol. The van der Waals surface area contributed by atoms with Crippen LogP contribution in [0.2, 0.25) is 0 Å². The maximum atomic E-state index is 4.16. The van der Waals surface area contributed by atoms with E-state index in [9.17, 15) is 0 Å². The van der Waals surface area contributed by atoms with Gasteiger partial charge in [0, 0.05) is 36.8 Å². The molecule has 0 aromatic carbocycles. The minimum atomic E-state index is 0.696. The minimum Gasteiger partial charge on any atom is -0.313 e. The summed E-state index contributed by atoms with van der Waals surface area (Å²) in [5.74, 6) is 0.726. The predicted octanol–water partition coefficient (Wildman–Crippen LogP) is 2.35. The lowest BCUT2D eigenvalue weighted by Crippen LogP contribution is -2.38. The number of thiazole rings is 1. The van der Waals surface area contributed by atoms with Crippen molar-refractivity contribution in [1.29, 1.82) is 0 Å². The van der Waals surface area contributed by atoms with Gasteiger partial charge in [0.25, 0.3) is 0 Å². The van der Waals surface area contributed by atoms with Gasteiger partial charge in [-0.15, -0.1) is 11.3 Å². The van der Waals surface area contributed by atoms with Crippen LogP contribution in [0.15, 0.2) is 11.7 Å². The Bertz CT molecular complexity index is 304. The Morgan fingerprint density at radius 1 is 1.59 bits per heavy atom. The van der Waals surface area contributed by atoms with Crippen LogP contribution in [0, 0.1) is 5.92 Å². The van der Waals surface area contributed by atoms with Gasteiger partial charge in [0.1, 0.15) is 0 Å². The van der Waals surface area contributed by atoms with Gasteiger partial charge in [-0.2, -0.15) is 0 Å². The Morgan fingerprint density at radius 3 is 3.06 bits per heavy atom. The lowest BCUT2D eigenvalue weighted by Gasteiger charge is -2.26. The highest BCUT2D eigenvalue weighted by Crippen LogP contribution is 2.14. The molecule has 1 saturated heterocycles. The van der Waals surface area contributed by atoms with Gasteiger partial charge in [-0.1, -0.05) is 13.8 Å². The van der Waals surface area contributed by atoms with Crippen LogP contribution in [0.4, 0.5) is 0 Å². The van der Waals surface area contributed by atoms with Crippen LogP contribution in [0.1, 0.15) is 31.6 Å². The van der Waals surface area contributed by atoms with Crippen LogP contribution in [-0.2, 0) is 6.54 Å². The average Bonchev–Trinajstić information content (AvgIpc) is 2.89. The quantitative estimate of drug-likeness (QED) is 0.843. The van der Waals surface area contributed by atoms with Crippen LogP contribution < -0.4 is 5.32 Å². The zero-order valence-electron chi connectivity index (χ0n) is 10.9. The Kier molecular flexibility index (Phi) is 4.95. The van der Waals surface area contributed by atoms with Gasteiger partial charge >= 0.3 is 0 Å². The third kappa shape index (κ3) is 4.37. The summed E-state index contributed by atoms with van der Waals surface area (Å²) in [5.41, 5.74) is 1.93. The van der Waals surface area contributed by atoms with Crippen molar-refractivity contribution in [2.45, 2.75) is 39.3 Å². The van der Waals surface area contributed by atoms with Gasteiger partial charge in [0.05, 0.1) is 5.51 Å². The highest BCUT2D eigenvalue weighted by atomic mass is 32.1. The molecule has 1 aromatic rings. The van der Waals surface area contributed by atoms with Crippen molar-refractivity contribution >= 4 is 11.3 Å². The molecular formula is C13H23N3S. The molecule has 96 valence electrons. The van der Waals surface area contributed by atoms with Crippen molar-refractivity contribution in [2.24, 2.45) is 5.92 Å². The summed E-state index contributed by atoms with van der Waals surface area (Å²) in [4.78, 5) is 8.11. The second-order valence-corrected chi connectivity index (χ2v) is 6.32. The molecule has 1 fully saturated rings. The van der Waals surface area contributed by atoms with Gasteiger partial charge in [-0.3, -0.25) is 9.88 Å². The summed E-state index contributed by atoms with van der Waals surface area (Å²) < 4.78 is 0. The van der Waals surface area contributed by atoms with Crippen LogP contribution in [-0.4, -0.2) is 35.6 Å². The van der Waals surface area contributed by atoms with Crippen molar-refractivity contribution < 1.29 is 0 Å². The Balaban J connectivity index is 1.87. The van der Waals surface area contributed by atoms with Crippen molar-refractivity contribution in [3.05, 3.63) is 16.6 Å². The fourth-order valence-corrected chi connectivity index (χ4v) is 3.12. The molecule has 0 radical (unpaired) electrons. The molecule has 1 aromatic heterocycles. The van der Waals surface area contributed by atoms with Crippen LogP contribution in [0.25, 0.3) is 0 Å². The second kappa shape index (κ2) is 6.47. The Morgan fingerprint density at radius 2 is 2.47 bits per heavy atom. The third-order valence-corrected chi connectivity index (χ3v) is 3.89. The van der Waals surface area contributed by atoms with Crippen molar-refractivity contribution in [2.75, 3.05) is 19.6 Å². The van der Waals surface area contributed by atoms with E-state index in [1.165, 1.54) is 37.4 Å². The van der Waals surface area contributed by atoms with E-state index in [1.54, 1.807) is 11.3 Å². The molecule has 0 saturated carbocycles. The number of aromatic nitrogens is 1. The third-order valence-electron chi connectivity index (χ3n) is 3.13. The summed E-state index contributed by atoms with van der Waals surface area (Å²) in [6.45, 7) is 9.19. The lowest BCUT2D eigenvalue weighted by molar-refractivity contribution is 0.218. The smallest absolute Gasteiger partial charge is 0.0794 e. The van der Waals surface area contributed by atoms with Crippen LogP contribution >= 0.6 is 11.3 Å². The van der Waals surface area contributed by atoms with Gasteiger partial charge in [-0.25, -0.2) is 0 Å².